The molecule has 1 rings (SSSR count). The normalized spacial score (nSPS) is 10.8. The first-order valence-electron chi connectivity index (χ1n) is 6.79. The zero-order valence-electron chi connectivity index (χ0n) is 13.0. The second-order valence-electron chi connectivity index (χ2n) is 5.60. The van der Waals surface area contributed by atoms with Crippen molar-refractivity contribution >= 4 is 17.7 Å². The number of carbonyl (C=O) groups is 2. The van der Waals surface area contributed by atoms with Gasteiger partial charge in [0.2, 0.25) is 0 Å². The Labute approximate surface area is 132 Å². The van der Waals surface area contributed by atoms with Gasteiger partial charge in [0.25, 0.3) is 11.6 Å². The summed E-state index contributed by atoms with van der Waals surface area (Å²) >= 11 is 0. The van der Waals surface area contributed by atoms with Gasteiger partial charge in [-0.15, -0.1) is 0 Å². The number of alkyl carbamates (subject to hydrolysis) is 1. The molecule has 0 fully saturated rings. The number of nitrogens with zero attached hydrogens (tertiary/aromatic N) is 1. The van der Waals surface area contributed by atoms with E-state index in [1.54, 1.807) is 20.8 Å². The molecule has 126 valence electrons. The topological polar surface area (TPSA) is 111 Å². The van der Waals surface area contributed by atoms with Crippen LogP contribution in [0, 0.1) is 15.9 Å². The molecule has 2 N–H and O–H groups in total. The number of benzene rings is 1. The van der Waals surface area contributed by atoms with Crippen molar-refractivity contribution in [3.63, 3.8) is 0 Å². The molecule has 0 aliphatic carbocycles. The van der Waals surface area contributed by atoms with E-state index in [-0.39, 0.29) is 18.7 Å². The van der Waals surface area contributed by atoms with Gasteiger partial charge in [-0.1, -0.05) is 0 Å². The third-order valence-corrected chi connectivity index (χ3v) is 2.48. The molecule has 0 radical (unpaired) electrons. The van der Waals surface area contributed by atoms with E-state index in [0.717, 1.165) is 12.1 Å². The van der Waals surface area contributed by atoms with E-state index < -0.39 is 34.0 Å². The van der Waals surface area contributed by atoms with Crippen molar-refractivity contribution in [3.8, 4) is 0 Å². The molecule has 0 aliphatic rings. The van der Waals surface area contributed by atoms with E-state index >= 15 is 0 Å². The van der Waals surface area contributed by atoms with Crippen LogP contribution in [0.5, 0.6) is 0 Å². The van der Waals surface area contributed by atoms with E-state index in [1.807, 2.05) is 0 Å². The zero-order valence-corrected chi connectivity index (χ0v) is 13.0. The highest BCUT2D eigenvalue weighted by Crippen LogP contribution is 2.19. The minimum absolute atomic E-state index is 0.0343. The number of ether oxygens (including phenoxy) is 1. The van der Waals surface area contributed by atoms with Gasteiger partial charge in [-0.25, -0.2) is 9.18 Å². The fraction of sp³-hybridized carbons (Fsp3) is 0.429. The fourth-order valence-electron chi connectivity index (χ4n) is 1.60. The Morgan fingerprint density at radius 2 is 1.87 bits per heavy atom. The summed E-state index contributed by atoms with van der Waals surface area (Å²) in [6.45, 7) is 5.24. The maximum atomic E-state index is 13.0. The lowest BCUT2D eigenvalue weighted by Crippen LogP contribution is -2.38. The van der Waals surface area contributed by atoms with Gasteiger partial charge in [0, 0.05) is 13.1 Å². The number of nitro groups is 1. The monoisotopic (exact) mass is 327 g/mol. The molecule has 8 nitrogen and oxygen atoms in total. The molecule has 0 spiro atoms. The van der Waals surface area contributed by atoms with Gasteiger partial charge >= 0.3 is 6.09 Å². The largest absolute Gasteiger partial charge is 0.444 e. The van der Waals surface area contributed by atoms with E-state index in [2.05, 4.69) is 10.6 Å². The summed E-state index contributed by atoms with van der Waals surface area (Å²) in [6.07, 6.45) is -0.639. The molecule has 0 aliphatic heterocycles. The maximum Gasteiger partial charge on any atom is 0.407 e. The van der Waals surface area contributed by atoms with Crippen LogP contribution in [0.15, 0.2) is 18.2 Å². The predicted octanol–water partition coefficient (Wildman–Crippen LogP) is 1.99. The lowest BCUT2D eigenvalue weighted by molar-refractivity contribution is -0.385. The molecule has 9 heteroatoms. The van der Waals surface area contributed by atoms with Gasteiger partial charge in [-0.05, 0) is 32.9 Å². The summed E-state index contributed by atoms with van der Waals surface area (Å²) in [5.74, 6) is -1.54. The molecule has 0 unspecified atom stereocenters. The van der Waals surface area contributed by atoms with Crippen LogP contribution in [0.25, 0.3) is 0 Å². The Balaban J connectivity index is 2.52. The predicted molar refractivity (Wildman–Crippen MR) is 79.6 cm³/mol. The van der Waals surface area contributed by atoms with Gasteiger partial charge < -0.3 is 15.4 Å². The number of hydrogen-bond donors (Lipinski definition) is 2. The van der Waals surface area contributed by atoms with Crippen molar-refractivity contribution < 1.29 is 23.6 Å². The molecule has 0 saturated heterocycles. The van der Waals surface area contributed by atoms with Crippen molar-refractivity contribution in [3.05, 3.63) is 39.7 Å². The van der Waals surface area contributed by atoms with Crippen LogP contribution in [0.1, 0.15) is 31.1 Å². The summed E-state index contributed by atoms with van der Waals surface area (Å²) in [5.41, 5.74) is -1.52. The van der Waals surface area contributed by atoms with Crippen LogP contribution in [0.2, 0.25) is 0 Å². The standard InChI is InChI=1S/C14H18FN3O5/c1-14(2,3)23-13(20)17-7-6-16-12(19)10-5-4-9(15)8-11(10)18(21)22/h4-5,8H,6-7H2,1-3H3,(H,16,19)(H,17,20). The SMILES string of the molecule is CC(C)(C)OC(=O)NCCNC(=O)c1ccc(F)cc1[N+](=O)[O-]. The van der Waals surface area contributed by atoms with Gasteiger partial charge in [-0.2, -0.15) is 0 Å². The zero-order chi connectivity index (χ0) is 17.6. The first-order chi connectivity index (χ1) is 10.6. The Morgan fingerprint density at radius 1 is 1.26 bits per heavy atom. The van der Waals surface area contributed by atoms with Crippen LogP contribution in [-0.2, 0) is 4.74 Å². The van der Waals surface area contributed by atoms with E-state index in [9.17, 15) is 24.1 Å². The molecule has 0 saturated carbocycles. The number of amides is 2. The number of rotatable bonds is 5. The number of halogens is 1. The Hall–Kier alpha value is -2.71. The van der Waals surface area contributed by atoms with Crippen molar-refractivity contribution in [2.24, 2.45) is 0 Å². The number of carbonyl (C=O) groups excluding carboxylic acids is 2. The minimum Gasteiger partial charge on any atom is -0.444 e. The average molecular weight is 327 g/mol. The molecular formula is C14H18FN3O5. The van der Waals surface area contributed by atoms with E-state index in [4.69, 9.17) is 4.74 Å². The van der Waals surface area contributed by atoms with Crippen molar-refractivity contribution in [1.82, 2.24) is 10.6 Å². The highest BCUT2D eigenvalue weighted by molar-refractivity contribution is 5.98. The second kappa shape index (κ2) is 7.52. The Morgan fingerprint density at radius 3 is 2.43 bits per heavy atom. The van der Waals surface area contributed by atoms with Crippen LogP contribution in [0.4, 0.5) is 14.9 Å². The van der Waals surface area contributed by atoms with Crippen molar-refractivity contribution in [2.45, 2.75) is 26.4 Å². The minimum atomic E-state index is -0.836. The number of nitrogens with one attached hydrogen (secondary N) is 2. The van der Waals surface area contributed by atoms with Crippen LogP contribution >= 0.6 is 0 Å². The van der Waals surface area contributed by atoms with Crippen molar-refractivity contribution in [2.75, 3.05) is 13.1 Å². The summed E-state index contributed by atoms with van der Waals surface area (Å²) in [5, 5.41) is 15.6. The third kappa shape index (κ3) is 6.29. The summed E-state index contributed by atoms with van der Waals surface area (Å²) in [4.78, 5) is 33.2. The summed E-state index contributed by atoms with van der Waals surface area (Å²) in [6, 6.07) is 2.67. The molecule has 0 atom stereocenters. The molecule has 1 aromatic rings. The average Bonchev–Trinajstić information content (AvgIpc) is 2.41. The second-order valence-corrected chi connectivity index (χ2v) is 5.60. The third-order valence-electron chi connectivity index (χ3n) is 2.48. The van der Waals surface area contributed by atoms with Crippen LogP contribution in [0.3, 0.4) is 0 Å². The maximum absolute atomic E-state index is 13.0. The molecule has 23 heavy (non-hydrogen) atoms. The summed E-state index contributed by atoms with van der Waals surface area (Å²) < 4.78 is 18.0. The lowest BCUT2D eigenvalue weighted by atomic mass is 10.1. The summed E-state index contributed by atoms with van der Waals surface area (Å²) in [7, 11) is 0. The quantitative estimate of drug-likeness (QED) is 0.488. The van der Waals surface area contributed by atoms with Gasteiger partial charge in [0.1, 0.15) is 17.0 Å². The molecule has 2 amide bonds. The molecule has 1 aromatic carbocycles. The first-order valence-corrected chi connectivity index (χ1v) is 6.79. The fourth-order valence-corrected chi connectivity index (χ4v) is 1.60. The number of nitro benzene ring substituents is 1. The van der Waals surface area contributed by atoms with Crippen LogP contribution in [-0.4, -0.2) is 35.6 Å². The first kappa shape index (κ1) is 18.3. The molecule has 0 heterocycles. The molecular weight excluding hydrogens is 309 g/mol. The highest BCUT2D eigenvalue weighted by atomic mass is 19.1. The number of hydrogen-bond acceptors (Lipinski definition) is 5. The Kier molecular flexibility index (Phi) is 6.00. The van der Waals surface area contributed by atoms with Crippen molar-refractivity contribution in [1.29, 1.82) is 0 Å². The van der Waals surface area contributed by atoms with Crippen LogP contribution < -0.4 is 10.6 Å². The van der Waals surface area contributed by atoms with E-state index in [1.165, 1.54) is 0 Å². The van der Waals surface area contributed by atoms with Gasteiger partial charge in [0.15, 0.2) is 0 Å². The molecule has 0 aromatic heterocycles. The van der Waals surface area contributed by atoms with Gasteiger partial charge in [-0.3, -0.25) is 14.9 Å². The van der Waals surface area contributed by atoms with E-state index in [0.29, 0.717) is 6.07 Å². The molecule has 0 bridgehead atoms. The lowest BCUT2D eigenvalue weighted by Gasteiger charge is -2.19. The Bertz CT molecular complexity index is 613. The highest BCUT2D eigenvalue weighted by Gasteiger charge is 2.21. The van der Waals surface area contributed by atoms with Gasteiger partial charge in [0.05, 0.1) is 11.0 Å². The smallest absolute Gasteiger partial charge is 0.407 e.